The number of carbonyl (C=O) groups is 1. The van der Waals surface area contributed by atoms with Crippen molar-refractivity contribution in [1.82, 2.24) is 4.57 Å². The molecule has 0 aliphatic rings. The van der Waals surface area contributed by atoms with E-state index >= 15 is 0 Å². The van der Waals surface area contributed by atoms with Crippen LogP contribution < -0.4 is 10.5 Å². The number of rotatable bonds is 4. The van der Waals surface area contributed by atoms with Gasteiger partial charge in [-0.2, -0.15) is 0 Å². The largest absolute Gasteiger partial charge is 0.496 e. The average molecular weight is 278 g/mol. The highest BCUT2D eigenvalue weighted by Crippen LogP contribution is 2.30. The minimum absolute atomic E-state index is 0.285. The Kier molecular flexibility index (Phi) is 5.58. The molecule has 1 aromatic carbocycles. The van der Waals surface area contributed by atoms with E-state index in [2.05, 4.69) is 0 Å². The van der Waals surface area contributed by atoms with Gasteiger partial charge in [-0.3, -0.25) is 4.79 Å². The van der Waals surface area contributed by atoms with Gasteiger partial charge in [0.1, 0.15) is 11.8 Å². The molecule has 5 nitrogen and oxygen atoms in total. The first kappa shape index (κ1) is 16.0. The molecule has 0 saturated carbocycles. The predicted octanol–water partition coefficient (Wildman–Crippen LogP) is 2.17. The van der Waals surface area contributed by atoms with Gasteiger partial charge in [-0.05, 0) is 17.7 Å². The molecular weight excluding hydrogens is 256 g/mol. The Balaban J connectivity index is 0.000000956. The van der Waals surface area contributed by atoms with Crippen LogP contribution >= 0.6 is 0 Å². The molecule has 20 heavy (non-hydrogen) atoms. The van der Waals surface area contributed by atoms with Gasteiger partial charge in [0.05, 0.1) is 12.6 Å². The third-order valence-corrected chi connectivity index (χ3v) is 3.03. The fourth-order valence-corrected chi connectivity index (χ4v) is 2.15. The summed E-state index contributed by atoms with van der Waals surface area (Å²) in [6.07, 6.45) is 2.18. The van der Waals surface area contributed by atoms with E-state index in [0.29, 0.717) is 0 Å². The number of aromatic nitrogens is 1. The van der Waals surface area contributed by atoms with Gasteiger partial charge in [0.15, 0.2) is 0 Å². The maximum Gasteiger partial charge on any atom is 0.320 e. The van der Waals surface area contributed by atoms with Crippen LogP contribution in [-0.2, 0) is 18.3 Å². The predicted molar refractivity (Wildman–Crippen MR) is 80.1 cm³/mol. The Morgan fingerprint density at radius 3 is 2.65 bits per heavy atom. The van der Waals surface area contributed by atoms with Gasteiger partial charge in [-0.15, -0.1) is 0 Å². The first-order valence-electron chi connectivity index (χ1n) is 6.64. The average Bonchev–Trinajstić information content (AvgIpc) is 2.77. The highest BCUT2D eigenvalue weighted by atomic mass is 16.5. The lowest BCUT2D eigenvalue weighted by atomic mass is 10.1. The van der Waals surface area contributed by atoms with E-state index < -0.39 is 12.0 Å². The zero-order valence-corrected chi connectivity index (χ0v) is 12.4. The number of nitrogens with two attached hydrogens (primary N) is 1. The molecule has 3 N–H and O–H groups in total. The molecule has 1 unspecified atom stereocenters. The number of ether oxygens (including phenoxy) is 1. The zero-order chi connectivity index (χ0) is 15.3. The standard InChI is InChI=1S/C13H16N2O3.C2H6/c1-15-7-8(6-9(14)13(16)17)12-10(15)4-3-5-11(12)18-2;1-2/h3-5,7,9H,6,14H2,1-2H3,(H,16,17);1-2H3. The Labute approximate surface area is 119 Å². The van der Waals surface area contributed by atoms with Crippen molar-refractivity contribution in [1.29, 1.82) is 0 Å². The molecule has 0 fully saturated rings. The lowest BCUT2D eigenvalue weighted by Gasteiger charge is -2.07. The first-order chi connectivity index (χ1) is 9.54. The van der Waals surface area contributed by atoms with E-state index in [0.717, 1.165) is 22.2 Å². The minimum atomic E-state index is -0.998. The number of benzene rings is 1. The summed E-state index contributed by atoms with van der Waals surface area (Å²) in [6.45, 7) is 4.00. The van der Waals surface area contributed by atoms with E-state index in [9.17, 15) is 4.79 Å². The Morgan fingerprint density at radius 2 is 2.10 bits per heavy atom. The molecular formula is C15H22N2O3. The minimum Gasteiger partial charge on any atom is -0.496 e. The van der Waals surface area contributed by atoms with Gasteiger partial charge in [0.25, 0.3) is 0 Å². The van der Waals surface area contributed by atoms with Crippen LogP contribution in [0.2, 0.25) is 0 Å². The summed E-state index contributed by atoms with van der Waals surface area (Å²) in [7, 11) is 3.51. The second-order valence-electron chi connectivity index (χ2n) is 4.27. The number of fused-ring (bicyclic) bond motifs is 1. The number of nitrogens with zero attached hydrogens (tertiary/aromatic N) is 1. The number of hydrogen-bond acceptors (Lipinski definition) is 3. The van der Waals surface area contributed by atoms with E-state index in [4.69, 9.17) is 15.6 Å². The van der Waals surface area contributed by atoms with Crippen molar-refractivity contribution in [3.8, 4) is 5.75 Å². The SMILES string of the molecule is CC.COc1cccc2c1c(CC(N)C(=O)O)cn2C. The molecule has 0 aliphatic carbocycles. The summed E-state index contributed by atoms with van der Waals surface area (Å²) in [4.78, 5) is 10.8. The number of carboxylic acid groups (broad SMARTS) is 1. The number of aliphatic carboxylic acids is 1. The second-order valence-corrected chi connectivity index (χ2v) is 4.27. The van der Waals surface area contributed by atoms with Crippen LogP contribution in [0.25, 0.3) is 10.9 Å². The number of aryl methyl sites for hydroxylation is 1. The van der Waals surface area contributed by atoms with E-state index in [-0.39, 0.29) is 6.42 Å². The van der Waals surface area contributed by atoms with Crippen molar-refractivity contribution in [2.75, 3.05) is 7.11 Å². The van der Waals surface area contributed by atoms with Gasteiger partial charge < -0.3 is 20.1 Å². The first-order valence-corrected chi connectivity index (χ1v) is 6.64. The van der Waals surface area contributed by atoms with Crippen LogP contribution in [0.3, 0.4) is 0 Å². The number of hydrogen-bond donors (Lipinski definition) is 2. The summed E-state index contributed by atoms with van der Waals surface area (Å²) < 4.78 is 7.27. The third kappa shape index (κ3) is 3.11. The van der Waals surface area contributed by atoms with Crippen LogP contribution in [0.1, 0.15) is 19.4 Å². The molecule has 5 heteroatoms. The van der Waals surface area contributed by atoms with Crippen molar-refractivity contribution < 1.29 is 14.6 Å². The topological polar surface area (TPSA) is 77.5 Å². The quantitative estimate of drug-likeness (QED) is 0.898. The number of methoxy groups -OCH3 is 1. The van der Waals surface area contributed by atoms with Crippen molar-refractivity contribution in [2.24, 2.45) is 12.8 Å². The summed E-state index contributed by atoms with van der Waals surface area (Å²) in [6, 6.07) is 4.83. The molecule has 1 heterocycles. The molecule has 0 amide bonds. The van der Waals surface area contributed by atoms with Gasteiger partial charge in [-0.1, -0.05) is 19.9 Å². The molecule has 1 atom stereocenters. The maximum absolute atomic E-state index is 10.8. The van der Waals surface area contributed by atoms with Gasteiger partial charge >= 0.3 is 5.97 Å². The number of carboxylic acids is 1. The summed E-state index contributed by atoms with van der Waals surface area (Å²) in [5.41, 5.74) is 7.48. The Hall–Kier alpha value is -2.01. The molecule has 0 spiro atoms. The molecule has 0 aliphatic heterocycles. The van der Waals surface area contributed by atoms with Crippen LogP contribution in [0, 0.1) is 0 Å². The molecule has 2 aromatic rings. The zero-order valence-electron chi connectivity index (χ0n) is 12.4. The third-order valence-electron chi connectivity index (χ3n) is 3.03. The fraction of sp³-hybridized carbons (Fsp3) is 0.400. The lowest BCUT2D eigenvalue weighted by molar-refractivity contribution is -0.138. The highest BCUT2D eigenvalue weighted by Gasteiger charge is 2.17. The van der Waals surface area contributed by atoms with E-state index in [1.54, 1.807) is 7.11 Å². The van der Waals surface area contributed by atoms with Crippen molar-refractivity contribution in [2.45, 2.75) is 26.3 Å². The smallest absolute Gasteiger partial charge is 0.320 e. The van der Waals surface area contributed by atoms with Crippen molar-refractivity contribution in [3.05, 3.63) is 30.0 Å². The second kappa shape index (κ2) is 6.96. The molecule has 0 radical (unpaired) electrons. The molecule has 110 valence electrons. The van der Waals surface area contributed by atoms with Crippen LogP contribution in [0.4, 0.5) is 0 Å². The molecule has 0 saturated heterocycles. The molecule has 1 aromatic heterocycles. The summed E-state index contributed by atoms with van der Waals surface area (Å²) >= 11 is 0. The normalized spacial score (nSPS) is 11.7. The Morgan fingerprint density at radius 1 is 1.45 bits per heavy atom. The van der Waals surface area contributed by atoms with E-state index in [1.807, 2.05) is 49.9 Å². The van der Waals surface area contributed by atoms with Crippen molar-refractivity contribution >= 4 is 16.9 Å². The summed E-state index contributed by atoms with van der Waals surface area (Å²) in [5, 5.41) is 9.82. The lowest BCUT2D eigenvalue weighted by Crippen LogP contribution is -2.32. The highest BCUT2D eigenvalue weighted by molar-refractivity contribution is 5.90. The Bertz CT molecular complexity index is 590. The van der Waals surface area contributed by atoms with Gasteiger partial charge in [0, 0.05) is 25.1 Å². The van der Waals surface area contributed by atoms with Crippen LogP contribution in [0.5, 0.6) is 5.75 Å². The van der Waals surface area contributed by atoms with Crippen LogP contribution in [-0.4, -0.2) is 28.8 Å². The molecule has 2 rings (SSSR count). The van der Waals surface area contributed by atoms with Crippen LogP contribution in [0.15, 0.2) is 24.4 Å². The monoisotopic (exact) mass is 278 g/mol. The fourth-order valence-electron chi connectivity index (χ4n) is 2.15. The molecule has 0 bridgehead atoms. The maximum atomic E-state index is 10.8. The van der Waals surface area contributed by atoms with Gasteiger partial charge in [-0.25, -0.2) is 0 Å². The van der Waals surface area contributed by atoms with Gasteiger partial charge in [0.2, 0.25) is 0 Å². The summed E-state index contributed by atoms with van der Waals surface area (Å²) in [5.74, 6) is -0.261. The van der Waals surface area contributed by atoms with E-state index in [1.165, 1.54) is 0 Å². The van der Waals surface area contributed by atoms with Crippen molar-refractivity contribution in [3.63, 3.8) is 0 Å².